The minimum atomic E-state index is -0.0657. The van der Waals surface area contributed by atoms with Crippen molar-refractivity contribution in [3.63, 3.8) is 0 Å². The molecule has 0 saturated carbocycles. The summed E-state index contributed by atoms with van der Waals surface area (Å²) in [6.07, 6.45) is 2.30. The Morgan fingerprint density at radius 1 is 1.05 bits per heavy atom. The Morgan fingerprint density at radius 3 is 2.24 bits per heavy atom. The zero-order chi connectivity index (χ0) is 15.5. The molecule has 0 aliphatic rings. The van der Waals surface area contributed by atoms with Gasteiger partial charge in [0, 0.05) is 24.1 Å². The van der Waals surface area contributed by atoms with Crippen molar-refractivity contribution >= 4 is 5.82 Å². The first-order chi connectivity index (χ1) is 9.94. The summed E-state index contributed by atoms with van der Waals surface area (Å²) in [4.78, 5) is 9.32. The molecule has 1 aromatic carbocycles. The quantitative estimate of drug-likeness (QED) is 0.901. The first kappa shape index (κ1) is 15.5. The average molecular weight is 283 g/mol. The molecule has 0 saturated heterocycles. The molecule has 0 unspecified atom stereocenters. The Kier molecular flexibility index (Phi) is 4.61. The molecule has 1 aromatic heterocycles. The van der Waals surface area contributed by atoms with Gasteiger partial charge in [0.15, 0.2) is 0 Å². The SMILES string of the molecule is CCCc1ccc(-c2cc(NC)nc(C(C)(C)C)n2)cc1. The zero-order valence-corrected chi connectivity index (χ0v) is 13.7. The minimum Gasteiger partial charge on any atom is -0.373 e. The summed E-state index contributed by atoms with van der Waals surface area (Å²) in [5.74, 6) is 1.73. The Hall–Kier alpha value is -1.90. The fourth-order valence-electron chi connectivity index (χ4n) is 2.19. The molecule has 0 radical (unpaired) electrons. The summed E-state index contributed by atoms with van der Waals surface area (Å²) in [5.41, 5.74) is 3.42. The summed E-state index contributed by atoms with van der Waals surface area (Å²) >= 11 is 0. The number of hydrogen-bond donors (Lipinski definition) is 1. The van der Waals surface area contributed by atoms with E-state index in [0.717, 1.165) is 29.3 Å². The van der Waals surface area contributed by atoms with E-state index in [9.17, 15) is 0 Å². The summed E-state index contributed by atoms with van der Waals surface area (Å²) in [6.45, 7) is 8.61. The lowest BCUT2D eigenvalue weighted by Crippen LogP contribution is -2.17. The lowest BCUT2D eigenvalue weighted by molar-refractivity contribution is 0.547. The number of aromatic nitrogens is 2. The van der Waals surface area contributed by atoms with Gasteiger partial charge in [-0.05, 0) is 12.0 Å². The van der Waals surface area contributed by atoms with E-state index in [2.05, 4.69) is 62.3 Å². The van der Waals surface area contributed by atoms with Crippen LogP contribution in [-0.2, 0) is 11.8 Å². The molecule has 0 atom stereocenters. The number of hydrogen-bond acceptors (Lipinski definition) is 3. The molecule has 2 aromatic rings. The largest absolute Gasteiger partial charge is 0.373 e. The molecule has 21 heavy (non-hydrogen) atoms. The van der Waals surface area contributed by atoms with Gasteiger partial charge in [-0.1, -0.05) is 58.4 Å². The van der Waals surface area contributed by atoms with Crippen LogP contribution in [0.25, 0.3) is 11.3 Å². The van der Waals surface area contributed by atoms with E-state index >= 15 is 0 Å². The Morgan fingerprint density at radius 2 is 1.71 bits per heavy atom. The fourth-order valence-corrected chi connectivity index (χ4v) is 2.19. The second-order valence-corrected chi connectivity index (χ2v) is 6.41. The second kappa shape index (κ2) is 6.25. The molecule has 0 amide bonds. The van der Waals surface area contributed by atoms with Crippen LogP contribution in [0.15, 0.2) is 30.3 Å². The maximum absolute atomic E-state index is 4.75. The van der Waals surface area contributed by atoms with E-state index < -0.39 is 0 Å². The van der Waals surface area contributed by atoms with Gasteiger partial charge in [-0.15, -0.1) is 0 Å². The number of nitrogens with zero attached hydrogens (tertiary/aromatic N) is 2. The van der Waals surface area contributed by atoms with Gasteiger partial charge in [-0.25, -0.2) is 9.97 Å². The fraction of sp³-hybridized carbons (Fsp3) is 0.444. The van der Waals surface area contributed by atoms with Crippen LogP contribution in [0.1, 0.15) is 45.5 Å². The highest BCUT2D eigenvalue weighted by molar-refractivity contribution is 5.63. The smallest absolute Gasteiger partial charge is 0.136 e. The van der Waals surface area contributed by atoms with E-state index in [1.807, 2.05) is 13.1 Å². The van der Waals surface area contributed by atoms with Crippen molar-refractivity contribution in [2.45, 2.75) is 46.0 Å². The van der Waals surface area contributed by atoms with E-state index in [4.69, 9.17) is 4.98 Å². The zero-order valence-electron chi connectivity index (χ0n) is 13.7. The molecule has 112 valence electrons. The molecule has 0 aliphatic carbocycles. The third kappa shape index (κ3) is 3.81. The summed E-state index contributed by atoms with van der Waals surface area (Å²) < 4.78 is 0. The van der Waals surface area contributed by atoms with Gasteiger partial charge < -0.3 is 5.32 Å². The average Bonchev–Trinajstić information content (AvgIpc) is 2.47. The van der Waals surface area contributed by atoms with Gasteiger partial charge in [-0.3, -0.25) is 0 Å². The first-order valence-corrected chi connectivity index (χ1v) is 7.60. The summed E-state index contributed by atoms with van der Waals surface area (Å²) in [7, 11) is 1.89. The molecule has 0 aliphatic heterocycles. The number of nitrogens with one attached hydrogen (secondary N) is 1. The van der Waals surface area contributed by atoms with Crippen LogP contribution in [-0.4, -0.2) is 17.0 Å². The van der Waals surface area contributed by atoms with E-state index in [1.54, 1.807) is 0 Å². The normalized spacial score (nSPS) is 11.5. The molecule has 0 bridgehead atoms. The molecule has 0 spiro atoms. The van der Waals surface area contributed by atoms with E-state index in [0.29, 0.717) is 0 Å². The number of rotatable bonds is 4. The highest BCUT2D eigenvalue weighted by atomic mass is 15.0. The molecular weight excluding hydrogens is 258 g/mol. The van der Waals surface area contributed by atoms with Gasteiger partial charge in [0.05, 0.1) is 5.69 Å². The molecule has 3 nitrogen and oxygen atoms in total. The van der Waals surface area contributed by atoms with Gasteiger partial charge in [0.1, 0.15) is 11.6 Å². The molecule has 2 rings (SSSR count). The summed E-state index contributed by atoms with van der Waals surface area (Å²) in [5, 5.41) is 3.13. The molecular formula is C18H25N3. The van der Waals surface area contributed by atoms with Crippen molar-refractivity contribution in [2.75, 3.05) is 12.4 Å². The maximum Gasteiger partial charge on any atom is 0.136 e. The molecule has 3 heteroatoms. The van der Waals surface area contributed by atoms with Crippen LogP contribution < -0.4 is 5.32 Å². The Bertz CT molecular complexity index is 595. The van der Waals surface area contributed by atoms with Crippen LogP contribution in [0.5, 0.6) is 0 Å². The third-order valence-electron chi connectivity index (χ3n) is 3.44. The predicted octanol–water partition coefficient (Wildman–Crippen LogP) is 4.44. The predicted molar refractivity (Wildman–Crippen MR) is 89.7 cm³/mol. The van der Waals surface area contributed by atoms with Gasteiger partial charge in [0.2, 0.25) is 0 Å². The van der Waals surface area contributed by atoms with Crippen LogP contribution in [0.4, 0.5) is 5.82 Å². The standard InChI is InChI=1S/C18H25N3/c1-6-7-13-8-10-14(11-9-13)15-12-16(19-5)21-17(20-15)18(2,3)4/h8-12H,6-7H2,1-5H3,(H,19,20,21). The van der Waals surface area contributed by atoms with E-state index in [-0.39, 0.29) is 5.41 Å². The Balaban J connectivity index is 2.42. The summed E-state index contributed by atoms with van der Waals surface area (Å²) in [6, 6.07) is 10.7. The van der Waals surface area contributed by atoms with E-state index in [1.165, 1.54) is 12.0 Å². The number of benzene rings is 1. The molecule has 1 N–H and O–H groups in total. The second-order valence-electron chi connectivity index (χ2n) is 6.41. The number of anilines is 1. The highest BCUT2D eigenvalue weighted by Gasteiger charge is 2.19. The van der Waals surface area contributed by atoms with Crippen molar-refractivity contribution in [2.24, 2.45) is 0 Å². The third-order valence-corrected chi connectivity index (χ3v) is 3.44. The van der Waals surface area contributed by atoms with Crippen LogP contribution >= 0.6 is 0 Å². The minimum absolute atomic E-state index is 0.0657. The first-order valence-electron chi connectivity index (χ1n) is 7.60. The van der Waals surface area contributed by atoms with Crippen LogP contribution in [0.2, 0.25) is 0 Å². The van der Waals surface area contributed by atoms with Crippen molar-refractivity contribution in [1.29, 1.82) is 0 Å². The van der Waals surface area contributed by atoms with Crippen molar-refractivity contribution in [3.05, 3.63) is 41.7 Å². The van der Waals surface area contributed by atoms with Crippen molar-refractivity contribution in [3.8, 4) is 11.3 Å². The van der Waals surface area contributed by atoms with Gasteiger partial charge in [0.25, 0.3) is 0 Å². The maximum atomic E-state index is 4.75. The molecule has 1 heterocycles. The number of aryl methyl sites for hydroxylation is 1. The van der Waals surface area contributed by atoms with Gasteiger partial charge in [-0.2, -0.15) is 0 Å². The topological polar surface area (TPSA) is 37.8 Å². The molecule has 0 fully saturated rings. The Labute approximate surface area is 127 Å². The highest BCUT2D eigenvalue weighted by Crippen LogP contribution is 2.25. The van der Waals surface area contributed by atoms with Crippen LogP contribution in [0.3, 0.4) is 0 Å². The lowest BCUT2D eigenvalue weighted by Gasteiger charge is -2.18. The van der Waals surface area contributed by atoms with Crippen molar-refractivity contribution in [1.82, 2.24) is 9.97 Å². The lowest BCUT2D eigenvalue weighted by atomic mass is 9.95. The van der Waals surface area contributed by atoms with Gasteiger partial charge >= 0.3 is 0 Å². The van der Waals surface area contributed by atoms with Crippen LogP contribution in [0, 0.1) is 0 Å². The monoisotopic (exact) mass is 283 g/mol. The van der Waals surface area contributed by atoms with Crippen molar-refractivity contribution < 1.29 is 0 Å².